The number of aryl methyl sites for hydroxylation is 1. The Kier molecular flexibility index (Phi) is 2.86. The molecule has 0 saturated heterocycles. The van der Waals surface area contributed by atoms with Gasteiger partial charge in [0, 0.05) is 5.39 Å². The molecule has 2 aromatic heterocycles. The number of H-pyrrole nitrogens is 1. The van der Waals surface area contributed by atoms with Gasteiger partial charge in [0.05, 0.1) is 6.54 Å². The summed E-state index contributed by atoms with van der Waals surface area (Å²) in [6, 6.07) is 7.48. The van der Waals surface area contributed by atoms with Gasteiger partial charge in [-0.25, -0.2) is 0 Å². The number of nitrogens with two attached hydrogens (primary N) is 1. The number of fused-ring (bicyclic) bond motifs is 1. The van der Waals surface area contributed by atoms with E-state index in [-0.39, 0.29) is 24.2 Å². The largest absolute Gasteiger partial charge is 0.451 e. The van der Waals surface area contributed by atoms with Gasteiger partial charge in [0.2, 0.25) is 5.95 Å². The molecule has 0 saturated carbocycles. The summed E-state index contributed by atoms with van der Waals surface area (Å²) < 4.78 is 5.57. The van der Waals surface area contributed by atoms with Crippen molar-refractivity contribution in [3.05, 3.63) is 41.4 Å². The minimum Gasteiger partial charge on any atom is -0.451 e. The lowest BCUT2D eigenvalue weighted by Gasteiger charge is -1.99. The average Bonchev–Trinajstić information content (AvgIpc) is 3.03. The SMILES string of the molecule is Cc1cccc2cc(C(=O)NCc3nc(N)n[nH]3)oc12. The number of anilines is 1. The molecule has 0 aliphatic heterocycles. The van der Waals surface area contributed by atoms with Gasteiger partial charge in [-0.3, -0.25) is 9.89 Å². The van der Waals surface area contributed by atoms with Crippen molar-refractivity contribution in [2.24, 2.45) is 0 Å². The highest BCUT2D eigenvalue weighted by Crippen LogP contribution is 2.22. The van der Waals surface area contributed by atoms with Crippen LogP contribution in [-0.2, 0) is 6.54 Å². The number of aromatic amines is 1. The molecule has 0 aliphatic rings. The smallest absolute Gasteiger partial charge is 0.287 e. The van der Waals surface area contributed by atoms with E-state index >= 15 is 0 Å². The standard InChI is InChI=1S/C13H13N5O2/c1-7-3-2-4-8-5-9(20-11(7)8)12(19)15-6-10-16-13(14)18-17-10/h2-5H,6H2,1H3,(H,15,19)(H3,14,16,17,18). The molecular weight excluding hydrogens is 258 g/mol. The molecule has 0 bridgehead atoms. The van der Waals surface area contributed by atoms with Crippen LogP contribution in [0.25, 0.3) is 11.0 Å². The molecule has 1 aromatic carbocycles. The zero-order chi connectivity index (χ0) is 14.1. The lowest BCUT2D eigenvalue weighted by Crippen LogP contribution is -2.22. The van der Waals surface area contributed by atoms with Gasteiger partial charge < -0.3 is 15.5 Å². The molecule has 2 heterocycles. The third-order valence-electron chi connectivity index (χ3n) is 2.93. The highest BCUT2D eigenvalue weighted by molar-refractivity contribution is 5.96. The molecule has 0 unspecified atom stereocenters. The lowest BCUT2D eigenvalue weighted by molar-refractivity contribution is 0.0924. The number of para-hydroxylation sites is 1. The molecule has 0 aliphatic carbocycles. The maximum absolute atomic E-state index is 12.0. The van der Waals surface area contributed by atoms with Gasteiger partial charge in [-0.1, -0.05) is 18.2 Å². The van der Waals surface area contributed by atoms with Gasteiger partial charge >= 0.3 is 0 Å². The van der Waals surface area contributed by atoms with E-state index in [2.05, 4.69) is 20.5 Å². The fourth-order valence-electron chi connectivity index (χ4n) is 1.96. The van der Waals surface area contributed by atoms with E-state index in [9.17, 15) is 4.79 Å². The van der Waals surface area contributed by atoms with Crippen LogP contribution in [0.1, 0.15) is 21.9 Å². The topological polar surface area (TPSA) is 110 Å². The average molecular weight is 271 g/mol. The summed E-state index contributed by atoms with van der Waals surface area (Å²) >= 11 is 0. The summed E-state index contributed by atoms with van der Waals surface area (Å²) in [7, 11) is 0. The highest BCUT2D eigenvalue weighted by Gasteiger charge is 2.13. The van der Waals surface area contributed by atoms with Crippen molar-refractivity contribution in [3.63, 3.8) is 0 Å². The molecule has 4 N–H and O–H groups in total. The first-order valence-electron chi connectivity index (χ1n) is 6.07. The highest BCUT2D eigenvalue weighted by atomic mass is 16.3. The van der Waals surface area contributed by atoms with Gasteiger partial charge in [0.1, 0.15) is 11.4 Å². The zero-order valence-electron chi connectivity index (χ0n) is 10.8. The molecule has 3 rings (SSSR count). The number of amides is 1. The number of hydrogen-bond donors (Lipinski definition) is 3. The number of carbonyl (C=O) groups excluding carboxylic acids is 1. The van der Waals surface area contributed by atoms with Crippen molar-refractivity contribution in [2.75, 3.05) is 5.73 Å². The second kappa shape index (κ2) is 4.69. The predicted molar refractivity (Wildman–Crippen MR) is 72.9 cm³/mol. The van der Waals surface area contributed by atoms with Gasteiger partial charge in [-0.05, 0) is 18.6 Å². The Hall–Kier alpha value is -2.83. The van der Waals surface area contributed by atoms with E-state index in [1.807, 2.05) is 25.1 Å². The number of rotatable bonds is 3. The van der Waals surface area contributed by atoms with Gasteiger partial charge in [-0.15, -0.1) is 5.10 Å². The Morgan fingerprint density at radius 2 is 2.35 bits per heavy atom. The molecule has 0 atom stereocenters. The minimum atomic E-state index is -0.310. The van der Waals surface area contributed by atoms with Crippen LogP contribution in [-0.4, -0.2) is 21.1 Å². The minimum absolute atomic E-state index is 0.147. The van der Waals surface area contributed by atoms with Crippen LogP contribution < -0.4 is 11.1 Å². The fourth-order valence-corrected chi connectivity index (χ4v) is 1.96. The van der Waals surface area contributed by atoms with Crippen molar-refractivity contribution in [1.29, 1.82) is 0 Å². The molecule has 0 fully saturated rings. The number of nitrogens with zero attached hydrogens (tertiary/aromatic N) is 2. The Morgan fingerprint density at radius 3 is 3.05 bits per heavy atom. The first-order valence-corrected chi connectivity index (χ1v) is 6.07. The second-order valence-corrected chi connectivity index (χ2v) is 4.43. The van der Waals surface area contributed by atoms with Crippen LogP contribution in [0.15, 0.2) is 28.7 Å². The molecule has 3 aromatic rings. The number of hydrogen-bond acceptors (Lipinski definition) is 5. The third-order valence-corrected chi connectivity index (χ3v) is 2.93. The maximum atomic E-state index is 12.0. The van der Waals surface area contributed by atoms with E-state index in [1.54, 1.807) is 6.07 Å². The first-order chi connectivity index (χ1) is 9.63. The number of furan rings is 1. The number of carbonyl (C=O) groups is 1. The van der Waals surface area contributed by atoms with E-state index in [0.29, 0.717) is 5.82 Å². The number of aromatic nitrogens is 3. The summed E-state index contributed by atoms with van der Waals surface area (Å²) in [6.45, 7) is 2.14. The summed E-state index contributed by atoms with van der Waals surface area (Å²) in [5.74, 6) is 0.592. The van der Waals surface area contributed by atoms with Crippen LogP contribution in [0.4, 0.5) is 5.95 Å². The fraction of sp³-hybridized carbons (Fsp3) is 0.154. The maximum Gasteiger partial charge on any atom is 0.287 e. The Balaban J connectivity index is 1.77. The molecule has 1 amide bonds. The van der Waals surface area contributed by atoms with Crippen molar-refractivity contribution in [3.8, 4) is 0 Å². The number of nitrogen functional groups attached to an aromatic ring is 1. The molecular formula is C13H13N5O2. The van der Waals surface area contributed by atoms with Gasteiger partial charge in [0.25, 0.3) is 5.91 Å². The summed E-state index contributed by atoms with van der Waals surface area (Å²) in [4.78, 5) is 15.9. The Morgan fingerprint density at radius 1 is 1.50 bits per heavy atom. The molecule has 7 heteroatoms. The van der Waals surface area contributed by atoms with Crippen LogP contribution in [0.2, 0.25) is 0 Å². The summed E-state index contributed by atoms with van der Waals surface area (Å²) in [5, 5.41) is 9.89. The van der Waals surface area contributed by atoms with Crippen LogP contribution >= 0.6 is 0 Å². The monoisotopic (exact) mass is 271 g/mol. The predicted octanol–water partition coefficient (Wildman–Crippen LogP) is 1.37. The summed E-state index contributed by atoms with van der Waals surface area (Å²) in [5.41, 5.74) is 7.09. The van der Waals surface area contributed by atoms with E-state index in [0.717, 1.165) is 16.5 Å². The Bertz CT molecular complexity index is 774. The van der Waals surface area contributed by atoms with Crippen LogP contribution in [0, 0.1) is 6.92 Å². The molecule has 20 heavy (non-hydrogen) atoms. The normalized spacial score (nSPS) is 10.8. The van der Waals surface area contributed by atoms with Gasteiger partial charge in [0.15, 0.2) is 5.76 Å². The summed E-state index contributed by atoms with van der Waals surface area (Å²) in [6.07, 6.45) is 0. The van der Waals surface area contributed by atoms with E-state index in [1.165, 1.54) is 0 Å². The molecule has 0 spiro atoms. The van der Waals surface area contributed by atoms with E-state index < -0.39 is 0 Å². The van der Waals surface area contributed by atoms with Crippen LogP contribution in [0.3, 0.4) is 0 Å². The van der Waals surface area contributed by atoms with Gasteiger partial charge in [-0.2, -0.15) is 4.98 Å². The number of benzene rings is 1. The van der Waals surface area contributed by atoms with Crippen molar-refractivity contribution >= 4 is 22.8 Å². The van der Waals surface area contributed by atoms with E-state index in [4.69, 9.17) is 10.2 Å². The zero-order valence-corrected chi connectivity index (χ0v) is 10.8. The van der Waals surface area contributed by atoms with Crippen molar-refractivity contribution in [1.82, 2.24) is 20.5 Å². The lowest BCUT2D eigenvalue weighted by atomic mass is 10.2. The number of nitrogens with one attached hydrogen (secondary N) is 2. The Labute approximate surface area is 114 Å². The third kappa shape index (κ3) is 2.20. The second-order valence-electron chi connectivity index (χ2n) is 4.43. The quantitative estimate of drug-likeness (QED) is 0.666. The van der Waals surface area contributed by atoms with Crippen molar-refractivity contribution < 1.29 is 9.21 Å². The molecule has 102 valence electrons. The molecule has 7 nitrogen and oxygen atoms in total. The van der Waals surface area contributed by atoms with Crippen molar-refractivity contribution in [2.45, 2.75) is 13.5 Å². The first kappa shape index (κ1) is 12.2. The van der Waals surface area contributed by atoms with Crippen LogP contribution in [0.5, 0.6) is 0 Å². The molecule has 0 radical (unpaired) electrons.